The maximum atomic E-state index is 10.4. The van der Waals surface area contributed by atoms with E-state index in [4.69, 9.17) is 0 Å². The second-order valence-corrected chi connectivity index (χ2v) is 2.66. The maximum Gasteiger partial charge on any atom is 3.00 e. The fraction of sp³-hybridized carbons (Fsp3) is 0. The van der Waals surface area contributed by atoms with Crippen molar-refractivity contribution in [3.05, 3.63) is 34.9 Å². The number of benzene rings is 1. The summed E-state index contributed by atoms with van der Waals surface area (Å²) in [5.41, 5.74) is -1.68. The molecule has 16 heavy (non-hydrogen) atoms. The minimum Gasteiger partial charge on any atom is -0.545 e. The molecule has 0 unspecified atom stereocenters. The summed E-state index contributed by atoms with van der Waals surface area (Å²) in [6.07, 6.45) is 0. The summed E-state index contributed by atoms with van der Waals surface area (Å²) in [6, 6.07) is 2.24. The van der Waals surface area contributed by atoms with Gasteiger partial charge in [0.1, 0.15) is 0 Å². The first-order chi connectivity index (χ1) is 6.91. The molecule has 0 N–H and O–H groups in total. The number of carbonyl (C=O) groups excluding carboxylic acids is 3. The normalized spacial score (nSPS) is 9.00. The molecule has 0 amide bonds. The molecule has 0 bridgehead atoms. The molecule has 1 aromatic carbocycles. The van der Waals surface area contributed by atoms with Gasteiger partial charge in [-0.25, -0.2) is 0 Å². The van der Waals surface area contributed by atoms with E-state index in [2.05, 4.69) is 0 Å². The summed E-state index contributed by atoms with van der Waals surface area (Å²) in [5.74, 6) is -5.04. The van der Waals surface area contributed by atoms with Crippen LogP contribution in [0.15, 0.2) is 18.2 Å². The van der Waals surface area contributed by atoms with E-state index in [-0.39, 0.29) is 35.6 Å². The van der Waals surface area contributed by atoms with Crippen LogP contribution in [0.5, 0.6) is 0 Å². The van der Waals surface area contributed by atoms with Gasteiger partial charge in [0.25, 0.3) is 0 Å². The standard InChI is InChI=1S/C9H6O6.La/c10-7(11)4-1-5(8(12)13)3-6(2-4)9(14)15;/h1-3H,(H,10,11)(H,12,13)(H,14,15);/q;+3/p-3. The van der Waals surface area contributed by atoms with Crippen molar-refractivity contribution in [1.29, 1.82) is 0 Å². The monoisotopic (exact) mass is 346 g/mol. The van der Waals surface area contributed by atoms with Crippen LogP contribution >= 0.6 is 0 Å². The van der Waals surface area contributed by atoms with Crippen LogP contribution in [0.25, 0.3) is 0 Å². The molecular formula is C9H3LaO6. The van der Waals surface area contributed by atoms with Crippen LogP contribution in [0.3, 0.4) is 0 Å². The fourth-order valence-corrected chi connectivity index (χ4v) is 0.981. The molecule has 1 aromatic rings. The quantitative estimate of drug-likeness (QED) is 0.568. The van der Waals surface area contributed by atoms with Crippen molar-refractivity contribution in [1.82, 2.24) is 0 Å². The van der Waals surface area contributed by atoms with Gasteiger partial charge >= 0.3 is 35.6 Å². The number of rotatable bonds is 3. The van der Waals surface area contributed by atoms with Crippen molar-refractivity contribution < 1.29 is 65.3 Å². The number of carbonyl (C=O) groups is 3. The smallest absolute Gasteiger partial charge is 0.545 e. The minimum absolute atomic E-state index is 0. The Hall–Kier alpha value is -1.18. The molecular weight excluding hydrogens is 343 g/mol. The summed E-state index contributed by atoms with van der Waals surface area (Å²) < 4.78 is 0. The van der Waals surface area contributed by atoms with Crippen molar-refractivity contribution in [2.45, 2.75) is 0 Å². The van der Waals surface area contributed by atoms with E-state index >= 15 is 0 Å². The molecule has 7 heteroatoms. The zero-order valence-electron chi connectivity index (χ0n) is 7.76. The summed E-state index contributed by atoms with van der Waals surface area (Å²) in [5, 5.41) is 31.2. The van der Waals surface area contributed by atoms with Gasteiger partial charge in [0, 0.05) is 0 Å². The molecule has 0 heterocycles. The van der Waals surface area contributed by atoms with Gasteiger partial charge in [-0.15, -0.1) is 0 Å². The molecule has 0 aromatic heterocycles. The summed E-state index contributed by atoms with van der Waals surface area (Å²) in [4.78, 5) is 31.2. The van der Waals surface area contributed by atoms with E-state index in [1.807, 2.05) is 0 Å². The van der Waals surface area contributed by atoms with Crippen molar-refractivity contribution in [2.24, 2.45) is 0 Å². The Balaban J connectivity index is 0.00000225. The maximum absolute atomic E-state index is 10.4. The van der Waals surface area contributed by atoms with Crippen LogP contribution in [0.4, 0.5) is 0 Å². The van der Waals surface area contributed by atoms with Crippen LogP contribution in [-0.2, 0) is 0 Å². The summed E-state index contributed by atoms with van der Waals surface area (Å²) in [6.45, 7) is 0. The van der Waals surface area contributed by atoms with Gasteiger partial charge in [-0.2, -0.15) is 0 Å². The van der Waals surface area contributed by atoms with Gasteiger partial charge in [0.2, 0.25) is 0 Å². The number of carboxylic acids is 3. The SMILES string of the molecule is O=C([O-])c1cc(C(=O)[O-])cc(C(=O)[O-])c1.[La+3]. The van der Waals surface area contributed by atoms with Gasteiger partial charge in [-0.05, 0) is 34.9 Å². The molecule has 0 aliphatic rings. The number of carboxylic acid groups (broad SMARTS) is 3. The number of hydrogen-bond acceptors (Lipinski definition) is 6. The van der Waals surface area contributed by atoms with E-state index in [0.717, 1.165) is 18.2 Å². The second kappa shape index (κ2) is 5.79. The largest absolute Gasteiger partial charge is 3.00 e. The van der Waals surface area contributed by atoms with Gasteiger partial charge < -0.3 is 29.7 Å². The van der Waals surface area contributed by atoms with Crippen molar-refractivity contribution in [3.63, 3.8) is 0 Å². The third-order valence-corrected chi connectivity index (χ3v) is 1.64. The Bertz CT molecular complexity index is 374. The Morgan fingerprint density at radius 3 is 1.00 bits per heavy atom. The first kappa shape index (κ1) is 14.8. The molecule has 0 spiro atoms. The van der Waals surface area contributed by atoms with Gasteiger partial charge in [0.05, 0.1) is 17.9 Å². The third kappa shape index (κ3) is 3.44. The fourth-order valence-electron chi connectivity index (χ4n) is 0.981. The molecule has 0 radical (unpaired) electrons. The molecule has 78 valence electrons. The second-order valence-electron chi connectivity index (χ2n) is 2.66. The van der Waals surface area contributed by atoms with Gasteiger partial charge in [-0.3, -0.25) is 0 Å². The van der Waals surface area contributed by atoms with Gasteiger partial charge in [-0.1, -0.05) is 0 Å². The Morgan fingerprint density at radius 2 is 0.875 bits per heavy atom. The molecule has 0 fully saturated rings. The average molecular weight is 346 g/mol. The van der Waals surface area contributed by atoms with E-state index in [1.54, 1.807) is 0 Å². The van der Waals surface area contributed by atoms with Crippen molar-refractivity contribution >= 4 is 17.9 Å². The van der Waals surface area contributed by atoms with E-state index in [1.165, 1.54) is 0 Å². The van der Waals surface area contributed by atoms with Crippen LogP contribution in [0.1, 0.15) is 31.1 Å². The molecule has 0 saturated carbocycles. The van der Waals surface area contributed by atoms with Crippen molar-refractivity contribution in [3.8, 4) is 0 Å². The zero-order chi connectivity index (χ0) is 11.6. The zero-order valence-corrected chi connectivity index (χ0v) is 11.4. The Kier molecular flexibility index (Phi) is 5.36. The predicted molar refractivity (Wildman–Crippen MR) is 39.4 cm³/mol. The summed E-state index contributed by atoms with van der Waals surface area (Å²) >= 11 is 0. The van der Waals surface area contributed by atoms with Gasteiger partial charge in [0.15, 0.2) is 0 Å². The molecule has 0 atom stereocenters. The molecule has 6 nitrogen and oxygen atoms in total. The van der Waals surface area contributed by atoms with E-state index < -0.39 is 34.6 Å². The third-order valence-electron chi connectivity index (χ3n) is 1.64. The van der Waals surface area contributed by atoms with E-state index in [9.17, 15) is 29.7 Å². The van der Waals surface area contributed by atoms with Crippen LogP contribution in [-0.4, -0.2) is 17.9 Å². The first-order valence-corrected chi connectivity index (χ1v) is 3.71. The van der Waals surface area contributed by atoms with E-state index in [0.29, 0.717) is 0 Å². The van der Waals surface area contributed by atoms with Crippen molar-refractivity contribution in [2.75, 3.05) is 0 Å². The predicted octanol–water partition coefficient (Wildman–Crippen LogP) is -3.22. The molecule has 1 rings (SSSR count). The Morgan fingerprint density at radius 1 is 0.688 bits per heavy atom. The van der Waals surface area contributed by atoms with Crippen LogP contribution in [0.2, 0.25) is 0 Å². The number of hydrogen-bond donors (Lipinski definition) is 0. The van der Waals surface area contributed by atoms with Crippen LogP contribution in [0, 0.1) is 35.6 Å². The Labute approximate surface area is 117 Å². The minimum atomic E-state index is -1.68. The molecule has 0 aliphatic heterocycles. The molecule has 0 aliphatic carbocycles. The first-order valence-electron chi connectivity index (χ1n) is 3.71. The average Bonchev–Trinajstić information content (AvgIpc) is 2.16. The topological polar surface area (TPSA) is 120 Å². The molecule has 0 saturated heterocycles. The number of aromatic carboxylic acids is 3. The van der Waals surface area contributed by atoms with Crippen LogP contribution < -0.4 is 15.3 Å². The summed E-state index contributed by atoms with van der Waals surface area (Å²) in [7, 11) is 0.